The Bertz CT molecular complexity index is 520. The molecule has 0 aromatic carbocycles. The Morgan fingerprint density at radius 2 is 2.20 bits per heavy atom. The highest BCUT2D eigenvalue weighted by atomic mass is 32.1. The maximum absolute atomic E-state index is 5.89. The Morgan fingerprint density at radius 3 is 3.00 bits per heavy atom. The van der Waals surface area contributed by atoms with Crippen LogP contribution in [0.4, 0.5) is 5.95 Å². The average Bonchev–Trinajstić information content (AvgIpc) is 2.46. The smallest absolute Gasteiger partial charge is 0.226 e. The molecule has 2 atom stereocenters. The van der Waals surface area contributed by atoms with Crippen LogP contribution in [-0.2, 0) is 4.74 Å². The third-order valence-corrected chi connectivity index (χ3v) is 4.29. The van der Waals surface area contributed by atoms with Crippen molar-refractivity contribution >= 4 is 23.2 Å². The molecule has 1 aliphatic heterocycles. The molecule has 5 nitrogen and oxygen atoms in total. The Kier molecular flexibility index (Phi) is 3.85. The molecule has 1 aromatic heterocycles. The second-order valence-corrected chi connectivity index (χ2v) is 5.95. The molecule has 0 bridgehead atoms. The molecule has 0 spiro atoms. The van der Waals surface area contributed by atoms with E-state index >= 15 is 0 Å². The van der Waals surface area contributed by atoms with Crippen LogP contribution in [0.1, 0.15) is 37.1 Å². The predicted octanol–water partition coefficient (Wildman–Crippen LogP) is 1.57. The molecule has 0 radical (unpaired) electrons. The Labute approximate surface area is 124 Å². The van der Waals surface area contributed by atoms with Gasteiger partial charge in [-0.2, -0.15) is 0 Å². The standard InChI is InChI=1S/C14H20N4OS/c1-9-8-10(13(15)20)17-14(16-9)18-6-7-19-12-5-3-2-4-11(12)18/h8,11-12H,2-7H2,1H3,(H2,15,20). The van der Waals surface area contributed by atoms with Gasteiger partial charge >= 0.3 is 0 Å². The highest BCUT2D eigenvalue weighted by Gasteiger charge is 2.35. The van der Waals surface area contributed by atoms with Gasteiger partial charge in [-0.15, -0.1) is 0 Å². The van der Waals surface area contributed by atoms with Crippen molar-refractivity contribution in [3.8, 4) is 0 Å². The van der Waals surface area contributed by atoms with Gasteiger partial charge in [0.15, 0.2) is 0 Å². The zero-order valence-corrected chi connectivity index (χ0v) is 12.5. The summed E-state index contributed by atoms with van der Waals surface area (Å²) >= 11 is 5.04. The molecular formula is C14H20N4OS. The molecule has 108 valence electrons. The number of ether oxygens (including phenoxy) is 1. The van der Waals surface area contributed by atoms with Crippen molar-refractivity contribution < 1.29 is 4.74 Å². The first kappa shape index (κ1) is 13.7. The first-order chi connectivity index (χ1) is 9.65. The summed E-state index contributed by atoms with van der Waals surface area (Å²) < 4.78 is 5.89. The summed E-state index contributed by atoms with van der Waals surface area (Å²) in [7, 11) is 0. The second kappa shape index (κ2) is 5.61. The number of nitrogens with two attached hydrogens (primary N) is 1. The van der Waals surface area contributed by atoms with Gasteiger partial charge in [0.2, 0.25) is 5.95 Å². The number of fused-ring (bicyclic) bond motifs is 1. The number of morpholine rings is 1. The van der Waals surface area contributed by atoms with Crippen molar-refractivity contribution in [1.29, 1.82) is 0 Å². The summed E-state index contributed by atoms with van der Waals surface area (Å²) in [4.78, 5) is 11.7. The molecule has 3 rings (SSSR count). The lowest BCUT2D eigenvalue weighted by Gasteiger charge is -2.43. The fourth-order valence-electron chi connectivity index (χ4n) is 3.15. The maximum atomic E-state index is 5.89. The number of nitrogens with zero attached hydrogens (tertiary/aromatic N) is 3. The van der Waals surface area contributed by atoms with Crippen molar-refractivity contribution in [1.82, 2.24) is 9.97 Å². The molecule has 1 saturated heterocycles. The molecule has 1 aromatic rings. The summed E-state index contributed by atoms with van der Waals surface area (Å²) in [6.45, 7) is 3.52. The number of rotatable bonds is 2. The fraction of sp³-hybridized carbons (Fsp3) is 0.643. The zero-order valence-electron chi connectivity index (χ0n) is 11.7. The van der Waals surface area contributed by atoms with E-state index in [0.717, 1.165) is 37.6 Å². The lowest BCUT2D eigenvalue weighted by atomic mass is 9.90. The van der Waals surface area contributed by atoms with Gasteiger partial charge in [0.05, 0.1) is 18.8 Å². The van der Waals surface area contributed by atoms with Gasteiger partial charge in [-0.25, -0.2) is 9.97 Å². The van der Waals surface area contributed by atoms with Crippen LogP contribution in [0.3, 0.4) is 0 Å². The van der Waals surface area contributed by atoms with Crippen molar-refractivity contribution in [2.75, 3.05) is 18.1 Å². The van der Waals surface area contributed by atoms with Crippen LogP contribution in [0.5, 0.6) is 0 Å². The minimum absolute atomic E-state index is 0.315. The van der Waals surface area contributed by atoms with Crippen molar-refractivity contribution in [2.24, 2.45) is 5.73 Å². The molecule has 20 heavy (non-hydrogen) atoms. The first-order valence-corrected chi connectivity index (χ1v) is 7.60. The van der Waals surface area contributed by atoms with Crippen LogP contribution >= 0.6 is 12.2 Å². The van der Waals surface area contributed by atoms with Crippen LogP contribution in [0.15, 0.2) is 6.07 Å². The highest BCUT2D eigenvalue weighted by molar-refractivity contribution is 7.80. The molecule has 2 N–H and O–H groups in total. The fourth-order valence-corrected chi connectivity index (χ4v) is 3.26. The van der Waals surface area contributed by atoms with Gasteiger partial charge in [-0.3, -0.25) is 0 Å². The lowest BCUT2D eigenvalue weighted by Crippen LogP contribution is -2.53. The molecular weight excluding hydrogens is 272 g/mol. The van der Waals surface area contributed by atoms with E-state index in [0.29, 0.717) is 22.8 Å². The van der Waals surface area contributed by atoms with Gasteiger partial charge in [0.1, 0.15) is 10.7 Å². The number of hydrogen-bond acceptors (Lipinski definition) is 5. The number of thiocarbonyl (C=S) groups is 1. The van der Waals surface area contributed by atoms with E-state index in [4.69, 9.17) is 22.7 Å². The molecule has 2 aliphatic rings. The quantitative estimate of drug-likeness (QED) is 0.835. The Balaban J connectivity index is 1.92. The van der Waals surface area contributed by atoms with Gasteiger partial charge in [-0.1, -0.05) is 25.1 Å². The van der Waals surface area contributed by atoms with Crippen LogP contribution in [-0.4, -0.2) is 40.3 Å². The maximum Gasteiger partial charge on any atom is 0.226 e. The van der Waals surface area contributed by atoms with Gasteiger partial charge in [-0.05, 0) is 25.8 Å². The number of aryl methyl sites for hydroxylation is 1. The molecule has 1 saturated carbocycles. The van der Waals surface area contributed by atoms with E-state index in [-0.39, 0.29) is 0 Å². The second-order valence-electron chi connectivity index (χ2n) is 5.51. The average molecular weight is 292 g/mol. The summed E-state index contributed by atoms with van der Waals surface area (Å²) in [6, 6.07) is 2.23. The Hall–Kier alpha value is -1.27. The SMILES string of the molecule is Cc1cc(C(N)=S)nc(N2CCOC3CCCCC32)n1. The van der Waals surface area contributed by atoms with Crippen molar-refractivity contribution in [3.63, 3.8) is 0 Å². The van der Waals surface area contributed by atoms with Gasteiger partial charge in [0.25, 0.3) is 0 Å². The van der Waals surface area contributed by atoms with E-state index in [1.165, 1.54) is 12.8 Å². The Morgan fingerprint density at radius 1 is 1.40 bits per heavy atom. The number of aromatic nitrogens is 2. The van der Waals surface area contributed by atoms with E-state index in [1.807, 2.05) is 13.0 Å². The van der Waals surface area contributed by atoms with Crippen LogP contribution < -0.4 is 10.6 Å². The van der Waals surface area contributed by atoms with E-state index in [9.17, 15) is 0 Å². The minimum atomic E-state index is 0.315. The molecule has 1 aliphatic carbocycles. The zero-order chi connectivity index (χ0) is 14.1. The van der Waals surface area contributed by atoms with Gasteiger partial charge < -0.3 is 15.4 Å². The van der Waals surface area contributed by atoms with Crippen LogP contribution in [0, 0.1) is 6.92 Å². The lowest BCUT2D eigenvalue weighted by molar-refractivity contribution is -0.00933. The largest absolute Gasteiger partial charge is 0.388 e. The summed E-state index contributed by atoms with van der Waals surface area (Å²) in [5.74, 6) is 0.744. The first-order valence-electron chi connectivity index (χ1n) is 7.19. The van der Waals surface area contributed by atoms with Crippen molar-refractivity contribution in [3.05, 3.63) is 17.5 Å². The molecule has 6 heteroatoms. The number of anilines is 1. The van der Waals surface area contributed by atoms with Crippen molar-refractivity contribution in [2.45, 2.75) is 44.8 Å². The van der Waals surface area contributed by atoms with Crippen LogP contribution in [0.2, 0.25) is 0 Å². The predicted molar refractivity (Wildman–Crippen MR) is 82.0 cm³/mol. The summed E-state index contributed by atoms with van der Waals surface area (Å²) in [5, 5.41) is 0. The third-order valence-electron chi connectivity index (χ3n) is 4.08. The molecule has 0 amide bonds. The third kappa shape index (κ3) is 2.62. The molecule has 2 unspecified atom stereocenters. The van der Waals surface area contributed by atoms with E-state index in [2.05, 4.69) is 14.9 Å². The molecule has 2 fully saturated rings. The monoisotopic (exact) mass is 292 g/mol. The summed E-state index contributed by atoms with van der Waals surface area (Å²) in [5.41, 5.74) is 7.26. The topological polar surface area (TPSA) is 64.3 Å². The highest BCUT2D eigenvalue weighted by Crippen LogP contribution is 2.30. The summed E-state index contributed by atoms with van der Waals surface area (Å²) in [6.07, 6.45) is 5.09. The normalized spacial score (nSPS) is 26.1. The molecule has 2 heterocycles. The van der Waals surface area contributed by atoms with E-state index < -0.39 is 0 Å². The number of hydrogen-bond donors (Lipinski definition) is 1. The van der Waals surface area contributed by atoms with E-state index in [1.54, 1.807) is 0 Å². The van der Waals surface area contributed by atoms with Crippen LogP contribution in [0.25, 0.3) is 0 Å². The minimum Gasteiger partial charge on any atom is -0.388 e. The van der Waals surface area contributed by atoms with Gasteiger partial charge in [0, 0.05) is 12.2 Å².